The van der Waals surface area contributed by atoms with Crippen LogP contribution in [0.3, 0.4) is 0 Å². The highest BCUT2D eigenvalue weighted by Gasteiger charge is 2.00. The predicted octanol–water partition coefficient (Wildman–Crippen LogP) is 1.82. The van der Waals surface area contributed by atoms with Crippen molar-refractivity contribution in [1.29, 1.82) is 0 Å². The van der Waals surface area contributed by atoms with Gasteiger partial charge in [-0.05, 0) is 24.6 Å². The van der Waals surface area contributed by atoms with E-state index in [1.807, 2.05) is 12.1 Å². The number of benzene rings is 1. The van der Waals surface area contributed by atoms with Crippen LogP contribution in [0.1, 0.15) is 12.5 Å². The predicted molar refractivity (Wildman–Crippen MR) is 61.2 cm³/mol. The van der Waals surface area contributed by atoms with E-state index in [2.05, 4.69) is 24.4 Å². The first-order chi connectivity index (χ1) is 7.26. The molecule has 1 aromatic carbocycles. The number of hydrogen-bond donors (Lipinski definition) is 1. The van der Waals surface area contributed by atoms with Crippen LogP contribution < -0.4 is 10.1 Å². The van der Waals surface area contributed by atoms with Gasteiger partial charge in [-0.15, -0.1) is 0 Å². The molecule has 0 aliphatic carbocycles. The van der Waals surface area contributed by atoms with Crippen LogP contribution in [0.4, 0.5) is 0 Å². The second kappa shape index (κ2) is 6.43. The van der Waals surface area contributed by atoms with Crippen molar-refractivity contribution in [1.82, 2.24) is 5.32 Å². The zero-order chi connectivity index (χ0) is 11.1. The minimum absolute atomic E-state index is 0.372. The molecule has 0 saturated heterocycles. The smallest absolute Gasteiger partial charge is 0.118 e. The van der Waals surface area contributed by atoms with Gasteiger partial charge in [0.2, 0.25) is 0 Å². The van der Waals surface area contributed by atoms with E-state index in [0.717, 1.165) is 18.9 Å². The van der Waals surface area contributed by atoms with Gasteiger partial charge in [-0.25, -0.2) is 0 Å². The van der Waals surface area contributed by atoms with Gasteiger partial charge in [0, 0.05) is 19.7 Å². The van der Waals surface area contributed by atoms with Crippen LogP contribution in [-0.4, -0.2) is 26.9 Å². The fourth-order valence-corrected chi connectivity index (χ4v) is 1.34. The third kappa shape index (κ3) is 4.32. The fraction of sp³-hybridized carbons (Fsp3) is 0.500. The van der Waals surface area contributed by atoms with Crippen LogP contribution in [0.2, 0.25) is 0 Å². The lowest BCUT2D eigenvalue weighted by Gasteiger charge is -2.12. The lowest BCUT2D eigenvalue weighted by atomic mass is 10.2. The van der Waals surface area contributed by atoms with E-state index < -0.39 is 0 Å². The minimum atomic E-state index is 0.372. The molecule has 3 heteroatoms. The molecule has 0 amide bonds. The maximum atomic E-state index is 5.09. The molecule has 3 nitrogen and oxygen atoms in total. The molecule has 1 rings (SSSR count). The van der Waals surface area contributed by atoms with Gasteiger partial charge in [0.15, 0.2) is 0 Å². The molecule has 0 heterocycles. The van der Waals surface area contributed by atoms with Crippen molar-refractivity contribution in [3.63, 3.8) is 0 Å². The lowest BCUT2D eigenvalue weighted by Crippen LogP contribution is -2.29. The molecule has 0 unspecified atom stereocenters. The molecule has 0 bridgehead atoms. The Balaban J connectivity index is 2.37. The van der Waals surface area contributed by atoms with Gasteiger partial charge in [-0.3, -0.25) is 0 Å². The zero-order valence-electron chi connectivity index (χ0n) is 9.62. The van der Waals surface area contributed by atoms with Gasteiger partial charge in [-0.2, -0.15) is 0 Å². The molecule has 0 saturated carbocycles. The Hall–Kier alpha value is -1.06. The molecule has 0 aliphatic rings. The highest BCUT2D eigenvalue weighted by atomic mass is 16.5. The monoisotopic (exact) mass is 209 g/mol. The minimum Gasteiger partial charge on any atom is -0.497 e. The van der Waals surface area contributed by atoms with E-state index in [4.69, 9.17) is 9.47 Å². The van der Waals surface area contributed by atoms with Crippen LogP contribution in [0.5, 0.6) is 5.75 Å². The van der Waals surface area contributed by atoms with Crippen molar-refractivity contribution in [2.24, 2.45) is 0 Å². The third-order valence-corrected chi connectivity index (χ3v) is 2.23. The Morgan fingerprint density at radius 2 is 1.87 bits per heavy atom. The summed E-state index contributed by atoms with van der Waals surface area (Å²) in [7, 11) is 3.39. The second-order valence-electron chi connectivity index (χ2n) is 3.59. The summed E-state index contributed by atoms with van der Waals surface area (Å²) in [6.45, 7) is 3.69. The third-order valence-electron chi connectivity index (χ3n) is 2.23. The molecule has 1 aromatic rings. The van der Waals surface area contributed by atoms with Crippen LogP contribution in [0.25, 0.3) is 0 Å². The largest absolute Gasteiger partial charge is 0.497 e. The van der Waals surface area contributed by atoms with E-state index in [-0.39, 0.29) is 0 Å². The Morgan fingerprint density at radius 3 is 2.40 bits per heavy atom. The highest BCUT2D eigenvalue weighted by molar-refractivity contribution is 5.26. The van der Waals surface area contributed by atoms with Crippen molar-refractivity contribution in [2.75, 3.05) is 20.8 Å². The van der Waals surface area contributed by atoms with Crippen molar-refractivity contribution < 1.29 is 9.47 Å². The molecule has 15 heavy (non-hydrogen) atoms. The average molecular weight is 209 g/mol. The molecular weight excluding hydrogens is 190 g/mol. The maximum Gasteiger partial charge on any atom is 0.118 e. The normalized spacial score (nSPS) is 12.5. The molecule has 1 N–H and O–H groups in total. The molecule has 84 valence electrons. The summed E-state index contributed by atoms with van der Waals surface area (Å²) in [5.41, 5.74) is 1.25. The topological polar surface area (TPSA) is 30.5 Å². The summed E-state index contributed by atoms with van der Waals surface area (Å²) in [6, 6.07) is 8.43. The fourth-order valence-electron chi connectivity index (χ4n) is 1.34. The Bertz CT molecular complexity index is 271. The summed E-state index contributed by atoms with van der Waals surface area (Å²) in [5, 5.41) is 3.37. The van der Waals surface area contributed by atoms with Gasteiger partial charge >= 0.3 is 0 Å². The van der Waals surface area contributed by atoms with E-state index in [9.17, 15) is 0 Å². The maximum absolute atomic E-state index is 5.09. The standard InChI is InChI=1S/C12H19NO2/c1-10(9-14-2)13-8-11-4-6-12(15-3)7-5-11/h4-7,10,13H,8-9H2,1-3H3/t10-/m0/s1. The second-order valence-corrected chi connectivity index (χ2v) is 3.59. The lowest BCUT2D eigenvalue weighted by molar-refractivity contribution is 0.171. The summed E-state index contributed by atoms with van der Waals surface area (Å²) >= 11 is 0. The molecule has 0 aliphatic heterocycles. The molecule has 0 aromatic heterocycles. The molecule has 0 radical (unpaired) electrons. The summed E-state index contributed by atoms with van der Waals surface area (Å²) in [6.07, 6.45) is 0. The Kier molecular flexibility index (Phi) is 5.15. The SMILES string of the molecule is COC[C@H](C)NCc1ccc(OC)cc1. The first-order valence-electron chi connectivity index (χ1n) is 5.11. The van der Waals surface area contributed by atoms with Crippen LogP contribution in [0.15, 0.2) is 24.3 Å². The van der Waals surface area contributed by atoms with E-state index in [1.165, 1.54) is 5.56 Å². The van der Waals surface area contributed by atoms with E-state index in [0.29, 0.717) is 6.04 Å². The number of rotatable bonds is 6. The number of methoxy groups -OCH3 is 2. The highest BCUT2D eigenvalue weighted by Crippen LogP contribution is 2.10. The summed E-state index contributed by atoms with van der Waals surface area (Å²) in [5.74, 6) is 0.892. The van der Waals surface area contributed by atoms with Crippen molar-refractivity contribution in [3.8, 4) is 5.75 Å². The van der Waals surface area contributed by atoms with Gasteiger partial charge in [0.05, 0.1) is 13.7 Å². The van der Waals surface area contributed by atoms with Crippen LogP contribution >= 0.6 is 0 Å². The van der Waals surface area contributed by atoms with Gasteiger partial charge in [-0.1, -0.05) is 12.1 Å². The van der Waals surface area contributed by atoms with Crippen LogP contribution in [0, 0.1) is 0 Å². The van der Waals surface area contributed by atoms with Crippen molar-refractivity contribution in [3.05, 3.63) is 29.8 Å². The molecule has 0 fully saturated rings. The summed E-state index contributed by atoms with van der Waals surface area (Å²) in [4.78, 5) is 0. The van der Waals surface area contributed by atoms with Gasteiger partial charge in [0.25, 0.3) is 0 Å². The van der Waals surface area contributed by atoms with E-state index >= 15 is 0 Å². The van der Waals surface area contributed by atoms with Crippen molar-refractivity contribution in [2.45, 2.75) is 19.5 Å². The Labute approximate surface area is 91.4 Å². The number of ether oxygens (including phenoxy) is 2. The molecule has 1 atom stereocenters. The van der Waals surface area contributed by atoms with Gasteiger partial charge < -0.3 is 14.8 Å². The Morgan fingerprint density at radius 1 is 1.20 bits per heavy atom. The number of hydrogen-bond acceptors (Lipinski definition) is 3. The van der Waals surface area contributed by atoms with Crippen molar-refractivity contribution >= 4 is 0 Å². The van der Waals surface area contributed by atoms with E-state index in [1.54, 1.807) is 14.2 Å². The first kappa shape index (κ1) is 12.0. The van der Waals surface area contributed by atoms with Gasteiger partial charge in [0.1, 0.15) is 5.75 Å². The van der Waals surface area contributed by atoms with Crippen LogP contribution in [-0.2, 0) is 11.3 Å². The quantitative estimate of drug-likeness (QED) is 0.775. The zero-order valence-corrected chi connectivity index (χ0v) is 9.62. The molecule has 0 spiro atoms. The average Bonchev–Trinajstić information content (AvgIpc) is 2.27. The summed E-state index contributed by atoms with van der Waals surface area (Å²) < 4.78 is 10.1. The molecular formula is C12H19NO2. The first-order valence-corrected chi connectivity index (χ1v) is 5.11. The number of nitrogens with one attached hydrogen (secondary N) is 1.